The van der Waals surface area contributed by atoms with Gasteiger partial charge in [-0.3, -0.25) is 0 Å². The fraction of sp³-hybridized carbons (Fsp3) is 0.467. The largest absolute Gasteiger partial charge is 0.488 e. The van der Waals surface area contributed by atoms with Crippen molar-refractivity contribution in [1.29, 1.82) is 0 Å². The molecule has 0 saturated carbocycles. The van der Waals surface area contributed by atoms with E-state index in [-0.39, 0.29) is 6.10 Å². The van der Waals surface area contributed by atoms with Crippen molar-refractivity contribution in [3.05, 3.63) is 40.9 Å². The van der Waals surface area contributed by atoms with E-state index in [4.69, 9.17) is 9.47 Å². The van der Waals surface area contributed by atoms with Crippen molar-refractivity contribution in [2.24, 2.45) is 0 Å². The summed E-state index contributed by atoms with van der Waals surface area (Å²) in [6, 6.07) is 6.17. The molecule has 0 bridgehead atoms. The minimum Gasteiger partial charge on any atom is -0.488 e. The Morgan fingerprint density at radius 3 is 3.21 bits per heavy atom. The molecule has 1 aliphatic rings. The molecule has 1 heterocycles. The van der Waals surface area contributed by atoms with Crippen LogP contribution in [-0.4, -0.2) is 32.4 Å². The quantitative estimate of drug-likeness (QED) is 0.589. The number of halogens is 1. The highest BCUT2D eigenvalue weighted by Gasteiger charge is 2.22. The Morgan fingerprint density at radius 2 is 2.37 bits per heavy atom. The van der Waals surface area contributed by atoms with Crippen LogP contribution in [0.15, 0.2) is 35.3 Å². The molecule has 104 valence electrons. The highest BCUT2D eigenvalue weighted by Crippen LogP contribution is 2.30. The molecule has 0 fully saturated rings. The maximum Gasteiger partial charge on any atom is 0.123 e. The number of ether oxygens (including phenoxy) is 2. The van der Waals surface area contributed by atoms with Gasteiger partial charge in [-0.15, -0.1) is 6.58 Å². The monoisotopic (exact) mass is 325 g/mol. The standard InChI is InChI=1S/C15H20BrNO2/c1-2-3-7-18-8-6-17-11-14-10-12-9-13(16)4-5-15(12)19-14/h2,4-5,9,14,17H,1,3,6-8,10-11H2. The van der Waals surface area contributed by atoms with E-state index in [0.29, 0.717) is 0 Å². The summed E-state index contributed by atoms with van der Waals surface area (Å²) in [5.74, 6) is 1.01. The second-order valence-electron chi connectivity index (χ2n) is 4.59. The molecule has 1 aromatic rings. The van der Waals surface area contributed by atoms with E-state index in [9.17, 15) is 0 Å². The zero-order chi connectivity index (χ0) is 13.5. The normalized spacial score (nSPS) is 17.0. The van der Waals surface area contributed by atoms with E-state index < -0.39 is 0 Å². The third-order valence-corrected chi connectivity index (χ3v) is 3.52. The van der Waals surface area contributed by atoms with Gasteiger partial charge in [-0.25, -0.2) is 0 Å². The Bertz CT molecular complexity index is 423. The molecule has 1 N–H and O–H groups in total. The fourth-order valence-corrected chi connectivity index (χ4v) is 2.49. The molecule has 4 heteroatoms. The summed E-state index contributed by atoms with van der Waals surface area (Å²) >= 11 is 3.48. The van der Waals surface area contributed by atoms with Gasteiger partial charge in [-0.1, -0.05) is 22.0 Å². The van der Waals surface area contributed by atoms with E-state index >= 15 is 0 Å². The zero-order valence-corrected chi connectivity index (χ0v) is 12.6. The van der Waals surface area contributed by atoms with Crippen molar-refractivity contribution in [1.82, 2.24) is 5.32 Å². The van der Waals surface area contributed by atoms with Crippen molar-refractivity contribution in [2.45, 2.75) is 18.9 Å². The van der Waals surface area contributed by atoms with Gasteiger partial charge in [0.05, 0.1) is 13.2 Å². The van der Waals surface area contributed by atoms with Crippen LogP contribution in [-0.2, 0) is 11.2 Å². The molecule has 1 unspecified atom stereocenters. The smallest absolute Gasteiger partial charge is 0.123 e. The van der Waals surface area contributed by atoms with Gasteiger partial charge in [0, 0.05) is 24.0 Å². The third-order valence-electron chi connectivity index (χ3n) is 3.03. The lowest BCUT2D eigenvalue weighted by molar-refractivity contribution is 0.136. The maximum absolute atomic E-state index is 5.87. The van der Waals surface area contributed by atoms with Gasteiger partial charge in [0.25, 0.3) is 0 Å². The Morgan fingerprint density at radius 1 is 1.47 bits per heavy atom. The summed E-state index contributed by atoms with van der Waals surface area (Å²) in [5, 5.41) is 3.37. The van der Waals surface area contributed by atoms with Crippen molar-refractivity contribution in [3.63, 3.8) is 0 Å². The van der Waals surface area contributed by atoms with Crippen LogP contribution in [0.25, 0.3) is 0 Å². The molecule has 0 saturated heterocycles. The minimum atomic E-state index is 0.234. The number of rotatable bonds is 8. The molecule has 1 aromatic carbocycles. The first-order chi connectivity index (χ1) is 9.29. The molecule has 0 aliphatic carbocycles. The summed E-state index contributed by atoms with van der Waals surface area (Å²) in [6.07, 6.45) is 3.99. The Labute approximate surface area is 123 Å². The van der Waals surface area contributed by atoms with Gasteiger partial charge in [-0.2, -0.15) is 0 Å². The summed E-state index contributed by atoms with van der Waals surface area (Å²) < 4.78 is 12.4. The van der Waals surface area contributed by atoms with Crippen LogP contribution < -0.4 is 10.1 Å². The zero-order valence-electron chi connectivity index (χ0n) is 11.0. The van der Waals surface area contributed by atoms with Gasteiger partial charge in [0.2, 0.25) is 0 Å². The second kappa shape index (κ2) is 7.68. The Kier molecular flexibility index (Phi) is 5.89. The first kappa shape index (κ1) is 14.6. The average Bonchev–Trinajstić information content (AvgIpc) is 2.79. The molecule has 0 radical (unpaired) electrons. The summed E-state index contributed by atoms with van der Waals surface area (Å²) in [5.41, 5.74) is 1.28. The predicted molar refractivity (Wildman–Crippen MR) is 80.8 cm³/mol. The predicted octanol–water partition coefficient (Wildman–Crippen LogP) is 2.93. The number of fused-ring (bicyclic) bond motifs is 1. The number of nitrogens with one attached hydrogen (secondary N) is 1. The Balaban J connectivity index is 1.60. The molecular weight excluding hydrogens is 306 g/mol. The SMILES string of the molecule is C=CCCOCCNCC1Cc2cc(Br)ccc2O1. The molecule has 1 aliphatic heterocycles. The Hall–Kier alpha value is -0.840. The third kappa shape index (κ3) is 4.64. The lowest BCUT2D eigenvalue weighted by atomic mass is 10.1. The van der Waals surface area contributed by atoms with Gasteiger partial charge in [0.15, 0.2) is 0 Å². The fourth-order valence-electron chi connectivity index (χ4n) is 2.08. The van der Waals surface area contributed by atoms with E-state index in [2.05, 4.69) is 33.9 Å². The van der Waals surface area contributed by atoms with Gasteiger partial charge < -0.3 is 14.8 Å². The van der Waals surface area contributed by atoms with E-state index in [1.165, 1.54) is 5.56 Å². The highest BCUT2D eigenvalue weighted by atomic mass is 79.9. The summed E-state index contributed by atoms with van der Waals surface area (Å²) in [6.45, 7) is 6.86. The van der Waals surface area contributed by atoms with Crippen LogP contribution in [0, 0.1) is 0 Å². The first-order valence-electron chi connectivity index (χ1n) is 6.64. The highest BCUT2D eigenvalue weighted by molar-refractivity contribution is 9.10. The van der Waals surface area contributed by atoms with Gasteiger partial charge in [-0.05, 0) is 30.2 Å². The lowest BCUT2D eigenvalue weighted by Gasteiger charge is -2.11. The molecular formula is C15H20BrNO2. The molecule has 2 rings (SSSR count). The minimum absolute atomic E-state index is 0.234. The lowest BCUT2D eigenvalue weighted by Crippen LogP contribution is -2.32. The first-order valence-corrected chi connectivity index (χ1v) is 7.43. The van der Waals surface area contributed by atoms with Gasteiger partial charge >= 0.3 is 0 Å². The number of hydrogen-bond acceptors (Lipinski definition) is 3. The maximum atomic E-state index is 5.87. The van der Waals surface area contributed by atoms with Crippen molar-refractivity contribution >= 4 is 15.9 Å². The van der Waals surface area contributed by atoms with Crippen molar-refractivity contribution in [2.75, 3.05) is 26.3 Å². The van der Waals surface area contributed by atoms with E-state index in [0.717, 1.165) is 49.4 Å². The molecule has 19 heavy (non-hydrogen) atoms. The topological polar surface area (TPSA) is 30.5 Å². The van der Waals surface area contributed by atoms with E-state index in [1.54, 1.807) is 0 Å². The van der Waals surface area contributed by atoms with E-state index in [1.807, 2.05) is 18.2 Å². The molecule has 0 aromatic heterocycles. The number of hydrogen-bond donors (Lipinski definition) is 1. The molecule has 1 atom stereocenters. The van der Waals surface area contributed by atoms with Crippen LogP contribution in [0.4, 0.5) is 0 Å². The molecule has 0 amide bonds. The second-order valence-corrected chi connectivity index (χ2v) is 5.51. The van der Waals surface area contributed by atoms with Crippen molar-refractivity contribution in [3.8, 4) is 5.75 Å². The summed E-state index contributed by atoms with van der Waals surface area (Å²) in [7, 11) is 0. The summed E-state index contributed by atoms with van der Waals surface area (Å²) in [4.78, 5) is 0. The van der Waals surface area contributed by atoms with Crippen LogP contribution in [0.1, 0.15) is 12.0 Å². The van der Waals surface area contributed by atoms with Gasteiger partial charge in [0.1, 0.15) is 11.9 Å². The molecule has 0 spiro atoms. The van der Waals surface area contributed by atoms with Crippen LogP contribution in [0.2, 0.25) is 0 Å². The van der Waals surface area contributed by atoms with Crippen LogP contribution in [0.5, 0.6) is 5.75 Å². The number of benzene rings is 1. The van der Waals surface area contributed by atoms with Crippen LogP contribution in [0.3, 0.4) is 0 Å². The molecule has 3 nitrogen and oxygen atoms in total. The average molecular weight is 326 g/mol. The van der Waals surface area contributed by atoms with Crippen molar-refractivity contribution < 1.29 is 9.47 Å². The van der Waals surface area contributed by atoms with Crippen LogP contribution >= 0.6 is 15.9 Å².